The first-order valence-electron chi connectivity index (χ1n) is 6.59. The van der Waals surface area contributed by atoms with Gasteiger partial charge in [0.25, 0.3) is 0 Å². The van der Waals surface area contributed by atoms with Crippen molar-refractivity contribution in [2.45, 2.75) is 0 Å². The minimum atomic E-state index is 0.978. The lowest BCUT2D eigenvalue weighted by atomic mass is 10.2. The molecule has 1 aromatic heterocycles. The van der Waals surface area contributed by atoms with Crippen LogP contribution in [0.5, 0.6) is 0 Å². The van der Waals surface area contributed by atoms with Crippen LogP contribution in [0.3, 0.4) is 0 Å². The predicted octanol–water partition coefficient (Wildman–Crippen LogP) is 3.46. The Morgan fingerprint density at radius 1 is 0.750 bits per heavy atom. The zero-order chi connectivity index (χ0) is 13.4. The van der Waals surface area contributed by atoms with E-state index in [9.17, 15) is 0 Å². The standard InChI is InChI=1S/C18H12N2/c1-2-8-14(9-3-1)20-17-12-6-4-10-15(17)19-16-11-5-7-13-18(16)20/h1-6,8-13H/q+1. The summed E-state index contributed by atoms with van der Waals surface area (Å²) in [6.07, 6.45) is 0. The maximum Gasteiger partial charge on any atom is 0.238 e. The molecule has 0 atom stereocenters. The first kappa shape index (κ1) is 11.1. The second-order valence-electron chi connectivity index (χ2n) is 4.69. The van der Waals surface area contributed by atoms with Gasteiger partial charge in [-0.3, -0.25) is 0 Å². The zero-order valence-electron chi connectivity index (χ0n) is 10.8. The average molecular weight is 256 g/mol. The van der Waals surface area contributed by atoms with Gasteiger partial charge in [0.1, 0.15) is 11.0 Å². The molecule has 0 saturated carbocycles. The molecule has 0 aliphatic carbocycles. The maximum absolute atomic E-state index is 4.72. The van der Waals surface area contributed by atoms with Crippen molar-refractivity contribution < 1.29 is 4.57 Å². The molecule has 0 fully saturated rings. The SMILES string of the molecule is [c]1ccc2nc3ccccc3[n+](-c3ccccc3)c2c1. The largest absolute Gasteiger partial charge is 0.238 e. The molecular formula is C18H12N2+. The van der Waals surface area contributed by atoms with Gasteiger partial charge in [0.2, 0.25) is 16.7 Å². The van der Waals surface area contributed by atoms with Crippen LogP contribution >= 0.6 is 0 Å². The van der Waals surface area contributed by atoms with Crippen LogP contribution < -0.4 is 4.57 Å². The van der Waals surface area contributed by atoms with Gasteiger partial charge >= 0.3 is 0 Å². The molecule has 0 aliphatic heterocycles. The van der Waals surface area contributed by atoms with Crippen LogP contribution in [0.25, 0.3) is 27.8 Å². The Morgan fingerprint density at radius 2 is 1.50 bits per heavy atom. The smallest absolute Gasteiger partial charge is 0.235 e. The van der Waals surface area contributed by atoms with E-state index in [1.165, 1.54) is 0 Å². The van der Waals surface area contributed by atoms with Crippen molar-refractivity contribution in [1.29, 1.82) is 0 Å². The summed E-state index contributed by atoms with van der Waals surface area (Å²) >= 11 is 0. The number of aromatic nitrogens is 2. The molecule has 93 valence electrons. The molecule has 0 bridgehead atoms. The second kappa shape index (κ2) is 4.42. The number of hydrogen-bond donors (Lipinski definition) is 0. The van der Waals surface area contributed by atoms with Crippen LogP contribution in [0.4, 0.5) is 0 Å². The fraction of sp³-hybridized carbons (Fsp3) is 0. The van der Waals surface area contributed by atoms with Gasteiger partial charge in [-0.1, -0.05) is 36.4 Å². The Hall–Kier alpha value is -2.74. The van der Waals surface area contributed by atoms with Crippen molar-refractivity contribution in [3.8, 4) is 5.69 Å². The van der Waals surface area contributed by atoms with E-state index in [2.05, 4.69) is 41.0 Å². The molecule has 0 amide bonds. The number of fused-ring (bicyclic) bond motifs is 2. The summed E-state index contributed by atoms with van der Waals surface area (Å²) in [6, 6.07) is 27.6. The molecular weight excluding hydrogens is 244 g/mol. The van der Waals surface area contributed by atoms with Gasteiger partial charge in [-0.2, -0.15) is 0 Å². The highest BCUT2D eigenvalue weighted by Crippen LogP contribution is 2.16. The van der Waals surface area contributed by atoms with Crippen molar-refractivity contribution in [3.63, 3.8) is 0 Å². The fourth-order valence-electron chi connectivity index (χ4n) is 2.55. The summed E-state index contributed by atoms with van der Waals surface area (Å²) in [5.74, 6) is 0. The van der Waals surface area contributed by atoms with Crippen LogP contribution in [-0.2, 0) is 0 Å². The lowest BCUT2D eigenvalue weighted by molar-refractivity contribution is -0.538. The van der Waals surface area contributed by atoms with Gasteiger partial charge in [0, 0.05) is 24.3 Å². The first-order valence-corrected chi connectivity index (χ1v) is 6.59. The Kier molecular flexibility index (Phi) is 2.46. The van der Waals surface area contributed by atoms with Crippen molar-refractivity contribution >= 4 is 22.1 Å². The van der Waals surface area contributed by atoms with Crippen LogP contribution in [0, 0.1) is 6.07 Å². The van der Waals surface area contributed by atoms with Crippen molar-refractivity contribution in [2.24, 2.45) is 0 Å². The molecule has 4 aromatic rings. The van der Waals surface area contributed by atoms with Gasteiger partial charge < -0.3 is 0 Å². The van der Waals surface area contributed by atoms with E-state index in [4.69, 9.17) is 4.98 Å². The van der Waals surface area contributed by atoms with Gasteiger partial charge in [-0.25, -0.2) is 4.98 Å². The number of rotatable bonds is 1. The number of benzene rings is 3. The molecule has 0 unspecified atom stereocenters. The Labute approximate surface area is 117 Å². The highest BCUT2D eigenvalue weighted by atomic mass is 15.0. The lowest BCUT2D eigenvalue weighted by Crippen LogP contribution is -2.33. The van der Waals surface area contributed by atoms with Gasteiger partial charge in [-0.15, -0.1) is 4.57 Å². The Bertz CT molecular complexity index is 845. The molecule has 0 saturated heterocycles. The lowest BCUT2D eigenvalue weighted by Gasteiger charge is -2.04. The van der Waals surface area contributed by atoms with Crippen LogP contribution in [0.1, 0.15) is 0 Å². The molecule has 4 rings (SSSR count). The molecule has 3 aromatic carbocycles. The first-order chi connectivity index (χ1) is 9.93. The molecule has 1 heterocycles. The number of nitrogens with zero attached hydrogens (tertiary/aromatic N) is 2. The highest BCUT2D eigenvalue weighted by molar-refractivity contribution is 5.81. The normalized spacial score (nSPS) is 11.0. The molecule has 2 heteroatoms. The van der Waals surface area contributed by atoms with Gasteiger partial charge in [-0.05, 0) is 18.2 Å². The van der Waals surface area contributed by atoms with Gasteiger partial charge in [0.15, 0.2) is 0 Å². The Morgan fingerprint density at radius 3 is 2.40 bits per heavy atom. The summed E-state index contributed by atoms with van der Waals surface area (Å²) in [7, 11) is 0. The summed E-state index contributed by atoms with van der Waals surface area (Å²) < 4.78 is 2.23. The fourth-order valence-corrected chi connectivity index (χ4v) is 2.55. The Balaban J connectivity index is 2.24. The molecule has 0 spiro atoms. The van der Waals surface area contributed by atoms with Crippen LogP contribution in [0.15, 0.2) is 72.8 Å². The quantitative estimate of drug-likeness (QED) is 0.376. The van der Waals surface area contributed by atoms with Crippen molar-refractivity contribution in [3.05, 3.63) is 78.9 Å². The van der Waals surface area contributed by atoms with E-state index in [0.29, 0.717) is 0 Å². The molecule has 20 heavy (non-hydrogen) atoms. The van der Waals surface area contributed by atoms with Crippen molar-refractivity contribution in [2.75, 3.05) is 0 Å². The van der Waals surface area contributed by atoms with E-state index in [1.807, 2.05) is 42.5 Å². The summed E-state index contributed by atoms with van der Waals surface area (Å²) in [5, 5.41) is 0. The average Bonchev–Trinajstić information content (AvgIpc) is 2.53. The molecule has 0 N–H and O–H groups in total. The van der Waals surface area contributed by atoms with E-state index < -0.39 is 0 Å². The summed E-state index contributed by atoms with van der Waals surface area (Å²) in [5.41, 5.74) is 5.28. The monoisotopic (exact) mass is 256 g/mol. The zero-order valence-corrected chi connectivity index (χ0v) is 10.8. The third-order valence-corrected chi connectivity index (χ3v) is 3.44. The summed E-state index contributed by atoms with van der Waals surface area (Å²) in [4.78, 5) is 4.72. The van der Waals surface area contributed by atoms with E-state index >= 15 is 0 Å². The number of hydrogen-bond acceptors (Lipinski definition) is 1. The third-order valence-electron chi connectivity index (χ3n) is 3.44. The minimum absolute atomic E-state index is 0.978. The highest BCUT2D eigenvalue weighted by Gasteiger charge is 2.17. The van der Waals surface area contributed by atoms with E-state index in [1.54, 1.807) is 0 Å². The maximum atomic E-state index is 4.72. The molecule has 0 aliphatic rings. The van der Waals surface area contributed by atoms with E-state index in [-0.39, 0.29) is 0 Å². The van der Waals surface area contributed by atoms with E-state index in [0.717, 1.165) is 27.8 Å². The van der Waals surface area contributed by atoms with Crippen molar-refractivity contribution in [1.82, 2.24) is 4.98 Å². The van der Waals surface area contributed by atoms with Gasteiger partial charge in [0.05, 0.1) is 0 Å². The summed E-state index contributed by atoms with van der Waals surface area (Å²) in [6.45, 7) is 0. The van der Waals surface area contributed by atoms with Crippen LogP contribution in [0.2, 0.25) is 0 Å². The predicted molar refractivity (Wildman–Crippen MR) is 79.6 cm³/mol. The molecule has 1 radical (unpaired) electrons. The molecule has 2 nitrogen and oxygen atoms in total. The second-order valence-corrected chi connectivity index (χ2v) is 4.69. The number of para-hydroxylation sites is 3. The third kappa shape index (κ3) is 1.66. The topological polar surface area (TPSA) is 16.8 Å². The minimum Gasteiger partial charge on any atom is -0.235 e. The van der Waals surface area contributed by atoms with Crippen LogP contribution in [-0.4, -0.2) is 4.98 Å².